The van der Waals surface area contributed by atoms with Crippen molar-refractivity contribution in [3.8, 4) is 0 Å². The van der Waals surface area contributed by atoms with Gasteiger partial charge in [0.15, 0.2) is 0 Å². The number of ether oxygens (including phenoxy) is 2. The third kappa shape index (κ3) is 4.87. The van der Waals surface area contributed by atoms with Crippen LogP contribution in [0, 0.1) is 0 Å². The van der Waals surface area contributed by atoms with Crippen molar-refractivity contribution in [3.63, 3.8) is 0 Å². The number of hydrogen-bond donors (Lipinski definition) is 1. The molecular formula is C12H15Cl2NO4. The minimum absolute atomic E-state index is 0.180. The second-order valence-corrected chi connectivity index (χ2v) is 4.49. The molecular weight excluding hydrogens is 293 g/mol. The summed E-state index contributed by atoms with van der Waals surface area (Å²) >= 11 is 12.0. The van der Waals surface area contributed by atoms with Crippen LogP contribution in [-0.4, -0.2) is 38.3 Å². The molecule has 5 nitrogen and oxygen atoms in total. The molecule has 0 aliphatic rings. The second-order valence-electron chi connectivity index (χ2n) is 3.67. The summed E-state index contributed by atoms with van der Waals surface area (Å²) in [6, 6.07) is 4.86. The predicted octanol–water partition coefficient (Wildman–Crippen LogP) is 3.49. The molecule has 0 unspecified atom stereocenters. The van der Waals surface area contributed by atoms with Gasteiger partial charge in [-0.25, -0.2) is 4.79 Å². The first-order chi connectivity index (χ1) is 9.07. The third-order valence-corrected chi connectivity index (χ3v) is 2.92. The lowest BCUT2D eigenvalue weighted by Gasteiger charge is -2.21. The van der Waals surface area contributed by atoms with Crippen LogP contribution >= 0.6 is 23.2 Å². The zero-order valence-electron chi connectivity index (χ0n) is 10.4. The first-order valence-electron chi connectivity index (χ1n) is 5.59. The highest BCUT2D eigenvalue weighted by Crippen LogP contribution is 2.33. The molecule has 1 aromatic carbocycles. The predicted molar refractivity (Wildman–Crippen MR) is 74.3 cm³/mol. The molecule has 0 aromatic heterocycles. The third-order valence-electron chi connectivity index (χ3n) is 2.31. The van der Waals surface area contributed by atoms with Gasteiger partial charge in [0.05, 0.1) is 22.3 Å². The van der Waals surface area contributed by atoms with Crippen LogP contribution in [0.3, 0.4) is 0 Å². The number of para-hydroxylation sites is 1. The van der Waals surface area contributed by atoms with Gasteiger partial charge in [-0.05, 0) is 18.6 Å². The number of carbonyl (C=O) groups is 1. The van der Waals surface area contributed by atoms with Crippen LogP contribution in [0.4, 0.5) is 10.5 Å². The van der Waals surface area contributed by atoms with Crippen molar-refractivity contribution in [3.05, 3.63) is 28.2 Å². The molecule has 7 heteroatoms. The zero-order chi connectivity index (χ0) is 14.3. The highest BCUT2D eigenvalue weighted by atomic mass is 35.5. The molecule has 0 bridgehead atoms. The van der Waals surface area contributed by atoms with Crippen LogP contribution in [0.1, 0.15) is 6.42 Å². The standard InChI is InChI=1S/C12H15Cl2NO4/c1-18-8-19-7-3-6-15(12(16)17)11-9(13)4-2-5-10(11)14/h2,4-5H,3,6-8H2,1H3,(H,16,17). The first-order valence-corrected chi connectivity index (χ1v) is 6.34. The molecule has 0 atom stereocenters. The average Bonchev–Trinajstić information content (AvgIpc) is 2.35. The Kier molecular flexibility index (Phi) is 6.94. The van der Waals surface area contributed by atoms with Crippen LogP contribution < -0.4 is 4.90 Å². The van der Waals surface area contributed by atoms with Crippen molar-refractivity contribution in [1.29, 1.82) is 0 Å². The van der Waals surface area contributed by atoms with Crippen LogP contribution in [0.5, 0.6) is 0 Å². The van der Waals surface area contributed by atoms with Gasteiger partial charge in [-0.15, -0.1) is 0 Å². The maximum absolute atomic E-state index is 11.3. The van der Waals surface area contributed by atoms with E-state index >= 15 is 0 Å². The monoisotopic (exact) mass is 307 g/mol. The van der Waals surface area contributed by atoms with E-state index in [9.17, 15) is 9.90 Å². The number of nitrogens with zero attached hydrogens (tertiary/aromatic N) is 1. The van der Waals surface area contributed by atoms with Crippen molar-refractivity contribution in [1.82, 2.24) is 0 Å². The number of rotatable bonds is 7. The van der Waals surface area contributed by atoms with E-state index in [1.54, 1.807) is 18.2 Å². The molecule has 1 rings (SSSR count). The molecule has 0 aliphatic heterocycles. The van der Waals surface area contributed by atoms with Crippen LogP contribution in [0.15, 0.2) is 18.2 Å². The van der Waals surface area contributed by atoms with Crippen molar-refractivity contribution in [2.75, 3.05) is 32.0 Å². The van der Waals surface area contributed by atoms with Gasteiger partial charge in [0.25, 0.3) is 0 Å². The van der Waals surface area contributed by atoms with Crippen molar-refractivity contribution >= 4 is 35.0 Å². The summed E-state index contributed by atoms with van der Waals surface area (Å²) < 4.78 is 9.83. The molecule has 0 saturated heterocycles. The van der Waals surface area contributed by atoms with E-state index in [2.05, 4.69) is 0 Å². The van der Waals surface area contributed by atoms with E-state index in [1.165, 1.54) is 7.11 Å². The number of carboxylic acid groups (broad SMARTS) is 1. The maximum atomic E-state index is 11.3. The molecule has 19 heavy (non-hydrogen) atoms. The Bertz CT molecular complexity index is 408. The minimum Gasteiger partial charge on any atom is -0.465 e. The summed E-state index contributed by atoms with van der Waals surface area (Å²) in [5, 5.41) is 9.82. The number of halogens is 2. The largest absolute Gasteiger partial charge is 0.465 e. The van der Waals surface area contributed by atoms with E-state index in [0.717, 1.165) is 4.90 Å². The van der Waals surface area contributed by atoms with Crippen molar-refractivity contribution in [2.24, 2.45) is 0 Å². The first kappa shape index (κ1) is 16.0. The van der Waals surface area contributed by atoms with E-state index in [0.29, 0.717) is 28.8 Å². The summed E-state index contributed by atoms with van der Waals surface area (Å²) in [6.45, 7) is 0.808. The molecule has 1 amide bonds. The Hall–Kier alpha value is -1.01. The van der Waals surface area contributed by atoms with Gasteiger partial charge in [0.1, 0.15) is 6.79 Å². The Labute approximate surface area is 121 Å². The van der Waals surface area contributed by atoms with Gasteiger partial charge < -0.3 is 14.6 Å². The molecule has 0 radical (unpaired) electrons. The average molecular weight is 308 g/mol. The van der Waals surface area contributed by atoms with Gasteiger partial charge >= 0.3 is 6.09 Å². The van der Waals surface area contributed by atoms with Crippen molar-refractivity contribution in [2.45, 2.75) is 6.42 Å². The van der Waals surface area contributed by atoms with Gasteiger partial charge in [-0.1, -0.05) is 29.3 Å². The molecule has 1 aromatic rings. The SMILES string of the molecule is COCOCCCN(C(=O)O)c1c(Cl)cccc1Cl. The fourth-order valence-corrected chi connectivity index (χ4v) is 2.12. The summed E-state index contributed by atoms with van der Waals surface area (Å²) in [5.41, 5.74) is 0.296. The number of amides is 1. The molecule has 1 N–H and O–H groups in total. The lowest BCUT2D eigenvalue weighted by Crippen LogP contribution is -2.31. The normalized spacial score (nSPS) is 10.5. The fraction of sp³-hybridized carbons (Fsp3) is 0.417. The quantitative estimate of drug-likeness (QED) is 0.619. The summed E-state index contributed by atoms with van der Waals surface area (Å²) in [7, 11) is 1.52. The van der Waals surface area contributed by atoms with Crippen LogP contribution in [0.25, 0.3) is 0 Å². The van der Waals surface area contributed by atoms with Crippen LogP contribution in [-0.2, 0) is 9.47 Å². The summed E-state index contributed by atoms with van der Waals surface area (Å²) in [4.78, 5) is 12.4. The Morgan fingerprint density at radius 2 is 2.00 bits per heavy atom. The maximum Gasteiger partial charge on any atom is 0.411 e. The summed E-state index contributed by atoms with van der Waals surface area (Å²) in [5.74, 6) is 0. The van der Waals surface area contributed by atoms with E-state index in [1.807, 2.05) is 0 Å². The second kappa shape index (κ2) is 8.22. The Morgan fingerprint density at radius 1 is 1.37 bits per heavy atom. The molecule has 0 heterocycles. The smallest absolute Gasteiger partial charge is 0.411 e. The summed E-state index contributed by atoms with van der Waals surface area (Å²) in [6.07, 6.45) is -0.598. The lowest BCUT2D eigenvalue weighted by atomic mass is 10.2. The van der Waals surface area contributed by atoms with Gasteiger partial charge in [-0.2, -0.15) is 0 Å². The topological polar surface area (TPSA) is 59.0 Å². The molecule has 106 valence electrons. The minimum atomic E-state index is -1.11. The fourth-order valence-electron chi connectivity index (χ4n) is 1.52. The lowest BCUT2D eigenvalue weighted by molar-refractivity contribution is -0.0305. The van der Waals surface area contributed by atoms with Crippen LogP contribution in [0.2, 0.25) is 10.0 Å². The Balaban J connectivity index is 2.70. The number of methoxy groups -OCH3 is 1. The van der Waals surface area contributed by atoms with Gasteiger partial charge in [0, 0.05) is 13.7 Å². The van der Waals surface area contributed by atoms with Gasteiger partial charge in [0.2, 0.25) is 0 Å². The molecule has 0 aliphatic carbocycles. The van der Waals surface area contributed by atoms with Gasteiger partial charge in [-0.3, -0.25) is 4.90 Å². The van der Waals surface area contributed by atoms with Crippen molar-refractivity contribution < 1.29 is 19.4 Å². The molecule has 0 saturated carbocycles. The number of benzene rings is 1. The van der Waals surface area contributed by atoms with E-state index in [-0.39, 0.29) is 13.3 Å². The molecule has 0 spiro atoms. The highest BCUT2D eigenvalue weighted by Gasteiger charge is 2.19. The number of hydrogen-bond acceptors (Lipinski definition) is 3. The highest BCUT2D eigenvalue weighted by molar-refractivity contribution is 6.39. The number of anilines is 1. The van der Waals surface area contributed by atoms with E-state index in [4.69, 9.17) is 32.7 Å². The zero-order valence-corrected chi connectivity index (χ0v) is 11.9. The van der Waals surface area contributed by atoms with E-state index < -0.39 is 6.09 Å². The molecule has 0 fully saturated rings. The Morgan fingerprint density at radius 3 is 2.53 bits per heavy atom.